The Morgan fingerprint density at radius 2 is 1.78 bits per heavy atom. The highest BCUT2D eigenvalue weighted by atomic mass is 19.1. The van der Waals surface area contributed by atoms with Crippen LogP contribution in [-0.2, 0) is 0 Å². The lowest BCUT2D eigenvalue weighted by molar-refractivity contribution is 0.101. The van der Waals surface area contributed by atoms with Crippen molar-refractivity contribution in [1.29, 1.82) is 0 Å². The molecule has 2 aromatic carbocycles. The van der Waals surface area contributed by atoms with E-state index in [0.29, 0.717) is 5.69 Å². The third-order valence-corrected chi connectivity index (χ3v) is 4.34. The Kier molecular flexibility index (Phi) is 4.60. The number of Topliss-reactive ketones (excluding diaryl/α,β-unsaturated/α-hetero) is 1. The monoisotopic (exact) mass is 312 g/mol. The van der Waals surface area contributed by atoms with Gasteiger partial charge in [0.1, 0.15) is 5.82 Å². The van der Waals surface area contributed by atoms with E-state index < -0.39 is 5.82 Å². The van der Waals surface area contributed by atoms with Gasteiger partial charge in [-0.1, -0.05) is 24.3 Å². The van der Waals surface area contributed by atoms with Crippen molar-refractivity contribution in [1.82, 2.24) is 0 Å². The molecule has 1 aliphatic heterocycles. The first kappa shape index (κ1) is 15.5. The second kappa shape index (κ2) is 6.82. The number of hydrogen-bond donors (Lipinski definition) is 1. The Hall–Kier alpha value is -2.36. The minimum Gasteiger partial charge on any atom is -0.382 e. The molecule has 1 fully saturated rings. The van der Waals surface area contributed by atoms with E-state index in [-0.39, 0.29) is 17.4 Å². The van der Waals surface area contributed by atoms with Gasteiger partial charge in [0.25, 0.3) is 0 Å². The molecule has 3 nitrogen and oxygen atoms in total. The summed E-state index contributed by atoms with van der Waals surface area (Å²) in [7, 11) is 0. The molecule has 1 saturated heterocycles. The van der Waals surface area contributed by atoms with Gasteiger partial charge < -0.3 is 10.2 Å². The minimum absolute atomic E-state index is 0.165. The first-order valence-corrected chi connectivity index (χ1v) is 8.01. The number of piperidine rings is 1. The third kappa shape index (κ3) is 3.52. The first-order valence-electron chi connectivity index (χ1n) is 8.01. The SMILES string of the molecule is CC(=O)c1c(F)cccc1NC1CCN(c2ccccc2)CC1. The van der Waals surface area contributed by atoms with Crippen molar-refractivity contribution in [2.45, 2.75) is 25.8 Å². The molecule has 2 aromatic rings. The summed E-state index contributed by atoms with van der Waals surface area (Å²) in [5.41, 5.74) is 2.01. The highest BCUT2D eigenvalue weighted by Gasteiger charge is 2.21. The fourth-order valence-corrected chi connectivity index (χ4v) is 3.14. The van der Waals surface area contributed by atoms with E-state index in [0.717, 1.165) is 25.9 Å². The van der Waals surface area contributed by atoms with Crippen molar-refractivity contribution in [3.8, 4) is 0 Å². The zero-order valence-corrected chi connectivity index (χ0v) is 13.3. The summed E-state index contributed by atoms with van der Waals surface area (Å²) in [6.45, 7) is 3.31. The summed E-state index contributed by atoms with van der Waals surface area (Å²) >= 11 is 0. The standard InChI is InChI=1S/C19H21FN2O/c1-14(23)19-17(20)8-5-9-18(19)21-15-10-12-22(13-11-15)16-6-3-2-4-7-16/h2-9,15,21H,10-13H2,1H3. The van der Waals surface area contributed by atoms with Crippen LogP contribution in [-0.4, -0.2) is 24.9 Å². The molecule has 4 heteroatoms. The van der Waals surface area contributed by atoms with E-state index in [1.807, 2.05) is 18.2 Å². The fraction of sp³-hybridized carbons (Fsp3) is 0.316. The van der Waals surface area contributed by atoms with E-state index in [2.05, 4.69) is 22.3 Å². The van der Waals surface area contributed by atoms with E-state index in [4.69, 9.17) is 0 Å². The summed E-state index contributed by atoms with van der Waals surface area (Å²) in [6.07, 6.45) is 1.92. The Labute approximate surface area is 136 Å². The molecular formula is C19H21FN2O. The molecule has 0 radical (unpaired) electrons. The summed E-state index contributed by atoms with van der Waals surface area (Å²) in [5.74, 6) is -0.698. The van der Waals surface area contributed by atoms with Crippen molar-refractivity contribution in [2.75, 3.05) is 23.3 Å². The van der Waals surface area contributed by atoms with Gasteiger partial charge in [-0.05, 0) is 44.0 Å². The third-order valence-electron chi connectivity index (χ3n) is 4.34. The second-order valence-electron chi connectivity index (χ2n) is 5.96. The van der Waals surface area contributed by atoms with Crippen LogP contribution in [0.2, 0.25) is 0 Å². The molecule has 0 aliphatic carbocycles. The molecule has 0 spiro atoms. The number of carbonyl (C=O) groups excluding carboxylic acids is 1. The van der Waals surface area contributed by atoms with Crippen LogP contribution in [0.5, 0.6) is 0 Å². The van der Waals surface area contributed by atoms with E-state index in [1.165, 1.54) is 18.7 Å². The normalized spacial score (nSPS) is 15.5. The zero-order valence-electron chi connectivity index (χ0n) is 13.3. The Morgan fingerprint density at radius 1 is 1.09 bits per heavy atom. The lowest BCUT2D eigenvalue weighted by Gasteiger charge is -2.34. The maximum Gasteiger partial charge on any atom is 0.164 e. The Balaban J connectivity index is 1.66. The van der Waals surface area contributed by atoms with Crippen molar-refractivity contribution in [2.24, 2.45) is 0 Å². The quantitative estimate of drug-likeness (QED) is 0.862. The molecule has 120 valence electrons. The van der Waals surface area contributed by atoms with Gasteiger partial charge in [0, 0.05) is 30.5 Å². The first-order chi connectivity index (χ1) is 11.1. The Bertz CT molecular complexity index is 679. The lowest BCUT2D eigenvalue weighted by Crippen LogP contribution is -2.39. The maximum absolute atomic E-state index is 13.9. The summed E-state index contributed by atoms with van der Waals surface area (Å²) < 4.78 is 13.9. The van der Waals surface area contributed by atoms with E-state index >= 15 is 0 Å². The molecule has 1 aliphatic rings. The number of ketones is 1. The molecule has 1 heterocycles. The van der Waals surface area contributed by atoms with Crippen LogP contribution in [0.15, 0.2) is 48.5 Å². The highest BCUT2D eigenvalue weighted by molar-refractivity contribution is 5.99. The predicted molar refractivity (Wildman–Crippen MR) is 91.7 cm³/mol. The molecule has 3 rings (SSSR count). The van der Waals surface area contributed by atoms with Gasteiger partial charge in [-0.2, -0.15) is 0 Å². The number of halogens is 1. The summed E-state index contributed by atoms with van der Waals surface area (Å²) in [5, 5.41) is 3.36. The van der Waals surface area contributed by atoms with Gasteiger partial charge in [-0.3, -0.25) is 4.79 Å². The van der Waals surface area contributed by atoms with Crippen LogP contribution < -0.4 is 10.2 Å². The fourth-order valence-electron chi connectivity index (χ4n) is 3.14. The molecule has 0 saturated carbocycles. The van der Waals surface area contributed by atoms with Gasteiger partial charge in [0.15, 0.2) is 5.78 Å². The summed E-state index contributed by atoms with van der Waals surface area (Å²) in [4.78, 5) is 14.0. The topological polar surface area (TPSA) is 32.3 Å². The largest absolute Gasteiger partial charge is 0.382 e. The molecule has 0 unspecified atom stereocenters. The number of benzene rings is 2. The smallest absolute Gasteiger partial charge is 0.164 e. The lowest BCUT2D eigenvalue weighted by atomic mass is 10.0. The average molecular weight is 312 g/mol. The van der Waals surface area contributed by atoms with Crippen molar-refractivity contribution < 1.29 is 9.18 Å². The zero-order chi connectivity index (χ0) is 16.2. The number of carbonyl (C=O) groups is 1. The molecule has 0 atom stereocenters. The number of anilines is 2. The van der Waals surface area contributed by atoms with E-state index in [9.17, 15) is 9.18 Å². The van der Waals surface area contributed by atoms with Crippen LogP contribution in [0.4, 0.5) is 15.8 Å². The van der Waals surface area contributed by atoms with Gasteiger partial charge in [-0.15, -0.1) is 0 Å². The minimum atomic E-state index is -0.454. The van der Waals surface area contributed by atoms with E-state index in [1.54, 1.807) is 12.1 Å². The van der Waals surface area contributed by atoms with Crippen LogP contribution in [0.25, 0.3) is 0 Å². The number of nitrogens with one attached hydrogen (secondary N) is 1. The van der Waals surface area contributed by atoms with Crippen molar-refractivity contribution in [3.63, 3.8) is 0 Å². The highest BCUT2D eigenvalue weighted by Crippen LogP contribution is 2.25. The van der Waals surface area contributed by atoms with Crippen molar-refractivity contribution >= 4 is 17.2 Å². The molecule has 23 heavy (non-hydrogen) atoms. The van der Waals surface area contributed by atoms with Crippen LogP contribution in [0.3, 0.4) is 0 Å². The molecule has 0 aromatic heterocycles. The summed E-state index contributed by atoms with van der Waals surface area (Å²) in [6, 6.07) is 15.4. The molecular weight excluding hydrogens is 291 g/mol. The molecule has 1 N–H and O–H groups in total. The number of para-hydroxylation sites is 1. The maximum atomic E-state index is 13.9. The van der Waals surface area contributed by atoms with Gasteiger partial charge in [0.2, 0.25) is 0 Å². The second-order valence-corrected chi connectivity index (χ2v) is 5.96. The van der Waals surface area contributed by atoms with Gasteiger partial charge in [0.05, 0.1) is 5.56 Å². The van der Waals surface area contributed by atoms with Crippen LogP contribution >= 0.6 is 0 Å². The molecule has 0 bridgehead atoms. The van der Waals surface area contributed by atoms with Crippen LogP contribution in [0.1, 0.15) is 30.1 Å². The van der Waals surface area contributed by atoms with Crippen LogP contribution in [0, 0.1) is 5.82 Å². The predicted octanol–water partition coefficient (Wildman–Crippen LogP) is 4.11. The Morgan fingerprint density at radius 3 is 2.43 bits per heavy atom. The van der Waals surface area contributed by atoms with Crippen molar-refractivity contribution in [3.05, 3.63) is 59.9 Å². The number of rotatable bonds is 4. The van der Waals surface area contributed by atoms with Gasteiger partial charge >= 0.3 is 0 Å². The van der Waals surface area contributed by atoms with Gasteiger partial charge in [-0.25, -0.2) is 4.39 Å². The number of hydrogen-bond acceptors (Lipinski definition) is 3. The molecule has 0 amide bonds. The number of nitrogens with zero attached hydrogens (tertiary/aromatic N) is 1. The average Bonchev–Trinajstić information content (AvgIpc) is 2.56.